The van der Waals surface area contributed by atoms with Gasteiger partial charge in [-0.05, 0) is 36.4 Å². The summed E-state index contributed by atoms with van der Waals surface area (Å²) in [4.78, 5) is 8.56. The Kier molecular flexibility index (Phi) is 5.27. The molecule has 28 heavy (non-hydrogen) atoms. The number of nitrogens with zero attached hydrogens (tertiary/aromatic N) is 3. The third-order valence-electron chi connectivity index (χ3n) is 3.96. The first-order valence-corrected chi connectivity index (χ1v) is 9.81. The molecule has 0 radical (unpaired) electrons. The van der Waals surface area contributed by atoms with E-state index in [4.69, 9.17) is 27.6 Å². The second-order valence-corrected chi connectivity index (χ2v) is 7.39. The predicted octanol–water partition coefficient (Wildman–Crippen LogP) is 6.84. The van der Waals surface area contributed by atoms with Gasteiger partial charge in [0.1, 0.15) is 22.6 Å². The van der Waals surface area contributed by atoms with E-state index in [1.54, 1.807) is 42.7 Å². The Bertz CT molecular complexity index is 1210. The maximum Gasteiger partial charge on any atom is 0.136 e. The molecular formula is C21H11Cl2N3OS. The van der Waals surface area contributed by atoms with E-state index in [1.165, 1.54) is 11.3 Å². The van der Waals surface area contributed by atoms with Crippen LogP contribution in [0.3, 0.4) is 0 Å². The van der Waals surface area contributed by atoms with Gasteiger partial charge >= 0.3 is 0 Å². The quantitative estimate of drug-likeness (QED) is 0.337. The van der Waals surface area contributed by atoms with Crippen molar-refractivity contribution in [2.75, 3.05) is 0 Å². The molecule has 0 atom stereocenters. The third kappa shape index (κ3) is 3.71. The Morgan fingerprint density at radius 1 is 1.11 bits per heavy atom. The number of hydrogen-bond acceptors (Lipinski definition) is 5. The van der Waals surface area contributed by atoms with Crippen LogP contribution in [0.4, 0.5) is 0 Å². The number of thiazole rings is 1. The number of pyridine rings is 1. The molecule has 3 aromatic heterocycles. The average Bonchev–Trinajstić information content (AvgIpc) is 3.39. The van der Waals surface area contributed by atoms with Crippen LogP contribution >= 0.6 is 34.5 Å². The van der Waals surface area contributed by atoms with E-state index in [0.29, 0.717) is 37.7 Å². The molecule has 4 rings (SSSR count). The summed E-state index contributed by atoms with van der Waals surface area (Å²) < 4.78 is 5.85. The number of furan rings is 1. The van der Waals surface area contributed by atoms with Crippen molar-refractivity contribution in [1.82, 2.24) is 9.97 Å². The van der Waals surface area contributed by atoms with Gasteiger partial charge in [0.05, 0.1) is 21.3 Å². The summed E-state index contributed by atoms with van der Waals surface area (Å²) in [6, 6.07) is 14.9. The summed E-state index contributed by atoms with van der Waals surface area (Å²) in [5.74, 6) is 1.11. The van der Waals surface area contributed by atoms with Gasteiger partial charge < -0.3 is 4.42 Å². The molecule has 0 aliphatic heterocycles. The van der Waals surface area contributed by atoms with Gasteiger partial charge in [-0.25, -0.2) is 4.98 Å². The summed E-state index contributed by atoms with van der Waals surface area (Å²) in [7, 11) is 0. The van der Waals surface area contributed by atoms with E-state index >= 15 is 0 Å². The van der Waals surface area contributed by atoms with Crippen LogP contribution in [0.25, 0.3) is 34.2 Å². The summed E-state index contributed by atoms with van der Waals surface area (Å²) in [6.45, 7) is 0. The SMILES string of the molecule is N#C/C(=C\c1ccc(-c2cccc(Cl)c2Cl)o1)c1nc(-c2ccncc2)cs1. The van der Waals surface area contributed by atoms with Crippen molar-refractivity contribution in [3.63, 3.8) is 0 Å². The molecule has 136 valence electrons. The van der Waals surface area contributed by atoms with Crippen molar-refractivity contribution in [1.29, 1.82) is 5.26 Å². The first-order valence-electron chi connectivity index (χ1n) is 8.18. The van der Waals surface area contributed by atoms with Gasteiger partial charge in [-0.15, -0.1) is 11.3 Å². The smallest absolute Gasteiger partial charge is 0.136 e. The monoisotopic (exact) mass is 423 g/mol. The minimum Gasteiger partial charge on any atom is -0.457 e. The minimum absolute atomic E-state index is 0.420. The van der Waals surface area contributed by atoms with Gasteiger partial charge in [-0.1, -0.05) is 29.3 Å². The summed E-state index contributed by atoms with van der Waals surface area (Å²) >= 11 is 13.7. The van der Waals surface area contributed by atoms with Gasteiger partial charge in [0, 0.05) is 35.0 Å². The fourth-order valence-corrected chi connectivity index (χ4v) is 3.79. The van der Waals surface area contributed by atoms with Crippen molar-refractivity contribution >= 4 is 46.2 Å². The molecule has 4 nitrogen and oxygen atoms in total. The Morgan fingerprint density at radius 2 is 1.93 bits per heavy atom. The van der Waals surface area contributed by atoms with Crippen molar-refractivity contribution in [3.8, 4) is 28.7 Å². The zero-order valence-corrected chi connectivity index (χ0v) is 16.6. The van der Waals surface area contributed by atoms with E-state index < -0.39 is 0 Å². The fourth-order valence-electron chi connectivity index (χ4n) is 2.61. The zero-order valence-electron chi connectivity index (χ0n) is 14.3. The van der Waals surface area contributed by atoms with Crippen LogP contribution in [0.5, 0.6) is 0 Å². The van der Waals surface area contributed by atoms with Gasteiger partial charge in [0.25, 0.3) is 0 Å². The Hall–Kier alpha value is -2.91. The Morgan fingerprint density at radius 3 is 2.71 bits per heavy atom. The van der Waals surface area contributed by atoms with Gasteiger partial charge in [0.15, 0.2) is 0 Å². The molecule has 7 heteroatoms. The highest BCUT2D eigenvalue weighted by atomic mass is 35.5. The first-order chi connectivity index (χ1) is 13.7. The van der Waals surface area contributed by atoms with Crippen LogP contribution < -0.4 is 0 Å². The number of nitriles is 1. The predicted molar refractivity (Wildman–Crippen MR) is 113 cm³/mol. The Labute approximate surface area is 175 Å². The number of hydrogen-bond donors (Lipinski definition) is 0. The van der Waals surface area contributed by atoms with Gasteiger partial charge in [-0.3, -0.25) is 4.98 Å². The molecule has 0 saturated carbocycles. The van der Waals surface area contributed by atoms with E-state index in [9.17, 15) is 5.26 Å². The van der Waals surface area contributed by atoms with Crippen LogP contribution in [0, 0.1) is 11.3 Å². The number of allylic oxidation sites excluding steroid dienone is 1. The normalized spacial score (nSPS) is 11.4. The maximum atomic E-state index is 9.58. The largest absolute Gasteiger partial charge is 0.457 e. The lowest BCUT2D eigenvalue weighted by Crippen LogP contribution is -1.82. The number of benzene rings is 1. The Balaban J connectivity index is 1.65. The molecule has 1 aromatic carbocycles. The molecule has 0 unspecified atom stereocenters. The van der Waals surface area contributed by atoms with Crippen LogP contribution in [-0.2, 0) is 0 Å². The van der Waals surface area contributed by atoms with E-state index in [1.807, 2.05) is 23.6 Å². The number of aromatic nitrogens is 2. The molecule has 0 fully saturated rings. The molecular weight excluding hydrogens is 413 g/mol. The highest BCUT2D eigenvalue weighted by Gasteiger charge is 2.13. The van der Waals surface area contributed by atoms with Crippen molar-refractivity contribution in [2.45, 2.75) is 0 Å². The maximum absolute atomic E-state index is 9.58. The highest BCUT2D eigenvalue weighted by molar-refractivity contribution is 7.11. The molecule has 0 saturated heterocycles. The lowest BCUT2D eigenvalue weighted by atomic mass is 10.2. The number of halogens is 2. The highest BCUT2D eigenvalue weighted by Crippen LogP contribution is 2.35. The standard InChI is InChI=1S/C21H11Cl2N3OS/c22-17-3-1-2-16(20(17)23)19-5-4-15(27-19)10-14(11-24)21-26-18(12-28-21)13-6-8-25-9-7-13/h1-10,12H/b14-10+. The molecule has 0 amide bonds. The zero-order chi connectivity index (χ0) is 19.5. The summed E-state index contributed by atoms with van der Waals surface area (Å²) in [6.07, 6.45) is 5.08. The van der Waals surface area contributed by atoms with Crippen molar-refractivity contribution < 1.29 is 4.42 Å². The van der Waals surface area contributed by atoms with Gasteiger partial charge in [0.2, 0.25) is 0 Å². The second-order valence-electron chi connectivity index (χ2n) is 5.75. The first kappa shape index (κ1) is 18.5. The van der Waals surface area contributed by atoms with E-state index in [-0.39, 0.29) is 0 Å². The molecule has 0 bridgehead atoms. The minimum atomic E-state index is 0.420. The number of rotatable bonds is 4. The van der Waals surface area contributed by atoms with Crippen molar-refractivity contribution in [2.24, 2.45) is 0 Å². The van der Waals surface area contributed by atoms with E-state index in [0.717, 1.165) is 11.3 Å². The molecule has 4 aromatic rings. The lowest BCUT2D eigenvalue weighted by molar-refractivity contribution is 0.572. The van der Waals surface area contributed by atoms with Crippen LogP contribution in [0.15, 0.2) is 64.7 Å². The second kappa shape index (κ2) is 7.99. The fraction of sp³-hybridized carbons (Fsp3) is 0. The molecule has 0 spiro atoms. The molecule has 0 N–H and O–H groups in total. The van der Waals surface area contributed by atoms with E-state index in [2.05, 4.69) is 16.0 Å². The average molecular weight is 424 g/mol. The summed E-state index contributed by atoms with van der Waals surface area (Å²) in [5.41, 5.74) is 2.87. The van der Waals surface area contributed by atoms with Crippen LogP contribution in [0.2, 0.25) is 10.0 Å². The lowest BCUT2D eigenvalue weighted by Gasteiger charge is -2.02. The summed E-state index contributed by atoms with van der Waals surface area (Å²) in [5, 5.41) is 13.0. The molecule has 0 aliphatic carbocycles. The van der Waals surface area contributed by atoms with Crippen LogP contribution in [-0.4, -0.2) is 9.97 Å². The van der Waals surface area contributed by atoms with Gasteiger partial charge in [-0.2, -0.15) is 5.26 Å². The molecule has 3 heterocycles. The molecule has 0 aliphatic rings. The third-order valence-corrected chi connectivity index (χ3v) is 5.66. The topological polar surface area (TPSA) is 62.7 Å². The van der Waals surface area contributed by atoms with Crippen molar-refractivity contribution in [3.05, 3.63) is 81.1 Å². The van der Waals surface area contributed by atoms with Crippen LogP contribution in [0.1, 0.15) is 10.8 Å².